The summed E-state index contributed by atoms with van der Waals surface area (Å²) >= 11 is 0. The fourth-order valence-electron chi connectivity index (χ4n) is 4.22. The monoisotopic (exact) mass is 420 g/mol. The van der Waals surface area contributed by atoms with Crippen LogP contribution in [0, 0.1) is 13.8 Å². The molecule has 0 atom stereocenters. The van der Waals surface area contributed by atoms with Gasteiger partial charge in [-0.05, 0) is 49.7 Å². The van der Waals surface area contributed by atoms with Crippen molar-refractivity contribution in [2.75, 3.05) is 0 Å². The zero-order chi connectivity index (χ0) is 21.4. The molecule has 0 saturated heterocycles. The Morgan fingerprint density at radius 1 is 0.867 bits per heavy atom. The van der Waals surface area contributed by atoms with Crippen molar-refractivity contribution < 1.29 is 13.0 Å². The van der Waals surface area contributed by atoms with E-state index in [1.807, 2.05) is 13.0 Å². The first-order valence-electron chi connectivity index (χ1n) is 9.20. The molecular formula is C22H16N2O5S. The Hall–Kier alpha value is -3.49. The zero-order valence-electron chi connectivity index (χ0n) is 16.1. The summed E-state index contributed by atoms with van der Waals surface area (Å²) < 4.78 is 35.4. The molecule has 0 aliphatic rings. The molecular weight excluding hydrogens is 404 g/mol. The van der Waals surface area contributed by atoms with Crippen LogP contribution in [0.1, 0.15) is 11.1 Å². The summed E-state index contributed by atoms with van der Waals surface area (Å²) in [4.78, 5) is 29.7. The molecule has 5 rings (SSSR count). The number of rotatable bonds is 1. The van der Waals surface area contributed by atoms with E-state index >= 15 is 0 Å². The Morgan fingerprint density at radius 2 is 1.60 bits per heavy atom. The van der Waals surface area contributed by atoms with Gasteiger partial charge in [0.1, 0.15) is 0 Å². The molecule has 0 unspecified atom stereocenters. The van der Waals surface area contributed by atoms with Crippen LogP contribution >= 0.6 is 0 Å². The standard InChI is InChI=1S/C22H16N2O5S/c1-11-7-8-16-14(9-11)22(26)19-12(2)20-15(10-17(19)23-16)21(25)13-5-3-4-6-18(13)24(20)30(27,28)29/h3-10H,1-2H3,(H,23,26)(H,27,28,29). The molecule has 8 heteroatoms. The lowest BCUT2D eigenvalue weighted by molar-refractivity contribution is 0.476. The minimum absolute atomic E-state index is 0.00815. The highest BCUT2D eigenvalue weighted by Crippen LogP contribution is 2.29. The SMILES string of the molecule is Cc1ccc2[nH]c3cc4c(=O)c5ccccc5n(S(=O)(=O)O)c4c(C)c3c(=O)c2c1. The largest absolute Gasteiger partial charge is 0.364 e. The molecule has 30 heavy (non-hydrogen) atoms. The molecule has 7 nitrogen and oxygen atoms in total. The third kappa shape index (κ3) is 2.44. The van der Waals surface area contributed by atoms with Gasteiger partial charge >= 0.3 is 10.3 Å². The predicted molar refractivity (Wildman–Crippen MR) is 118 cm³/mol. The maximum atomic E-state index is 13.3. The molecule has 0 radical (unpaired) electrons. The van der Waals surface area contributed by atoms with Crippen LogP contribution in [-0.4, -0.2) is 21.9 Å². The Balaban J connectivity index is 2.17. The molecule has 5 aromatic rings. The first-order chi connectivity index (χ1) is 14.2. The van der Waals surface area contributed by atoms with E-state index in [1.54, 1.807) is 31.2 Å². The quantitative estimate of drug-likeness (QED) is 0.319. The van der Waals surface area contributed by atoms with E-state index in [4.69, 9.17) is 0 Å². The molecule has 3 aromatic carbocycles. The smallest absolute Gasteiger partial charge is 0.354 e. The summed E-state index contributed by atoms with van der Waals surface area (Å²) in [5, 5.41) is 0.984. The highest BCUT2D eigenvalue weighted by molar-refractivity contribution is 7.84. The highest BCUT2D eigenvalue weighted by Gasteiger charge is 2.22. The molecule has 0 spiro atoms. The maximum absolute atomic E-state index is 13.3. The Labute approximate surface area is 170 Å². The fraction of sp³-hybridized carbons (Fsp3) is 0.0909. The molecule has 0 bridgehead atoms. The molecule has 150 valence electrons. The van der Waals surface area contributed by atoms with Crippen molar-refractivity contribution in [3.8, 4) is 0 Å². The second kappa shape index (κ2) is 6.01. The molecule has 2 aromatic heterocycles. The van der Waals surface area contributed by atoms with Crippen molar-refractivity contribution in [2.24, 2.45) is 0 Å². The van der Waals surface area contributed by atoms with Crippen LogP contribution in [0.2, 0.25) is 0 Å². The van der Waals surface area contributed by atoms with Gasteiger partial charge in [0, 0.05) is 21.7 Å². The van der Waals surface area contributed by atoms with E-state index in [0.29, 0.717) is 22.0 Å². The molecule has 0 amide bonds. The minimum Gasteiger partial charge on any atom is -0.354 e. The van der Waals surface area contributed by atoms with Gasteiger partial charge in [0.2, 0.25) is 0 Å². The summed E-state index contributed by atoms with van der Waals surface area (Å²) in [6.07, 6.45) is 0. The van der Waals surface area contributed by atoms with Gasteiger partial charge in [-0.2, -0.15) is 8.42 Å². The molecule has 0 aliphatic carbocycles. The number of hydrogen-bond donors (Lipinski definition) is 2. The fourth-order valence-corrected chi connectivity index (χ4v) is 5.09. The normalized spacial score (nSPS) is 12.4. The second-order valence-electron chi connectivity index (χ2n) is 7.41. The highest BCUT2D eigenvalue weighted by atomic mass is 32.2. The molecule has 2 N–H and O–H groups in total. The van der Waals surface area contributed by atoms with Crippen LogP contribution in [0.4, 0.5) is 0 Å². The van der Waals surface area contributed by atoms with Crippen LogP contribution in [0.5, 0.6) is 0 Å². The molecule has 2 heterocycles. The average molecular weight is 420 g/mol. The number of pyridine rings is 2. The van der Waals surface area contributed by atoms with Crippen molar-refractivity contribution in [1.29, 1.82) is 0 Å². The van der Waals surface area contributed by atoms with Crippen molar-refractivity contribution >= 4 is 53.9 Å². The summed E-state index contributed by atoms with van der Waals surface area (Å²) in [7, 11) is -4.76. The summed E-state index contributed by atoms with van der Waals surface area (Å²) in [5.74, 6) is 0. The number of benzene rings is 3. The van der Waals surface area contributed by atoms with Crippen molar-refractivity contribution in [3.63, 3.8) is 0 Å². The van der Waals surface area contributed by atoms with Crippen molar-refractivity contribution in [2.45, 2.75) is 13.8 Å². The van der Waals surface area contributed by atoms with E-state index in [2.05, 4.69) is 4.98 Å². The number of hydrogen-bond acceptors (Lipinski definition) is 4. The molecule has 0 fully saturated rings. The molecule has 0 aliphatic heterocycles. The third-order valence-electron chi connectivity index (χ3n) is 5.51. The summed E-state index contributed by atoms with van der Waals surface area (Å²) in [6.45, 7) is 3.45. The summed E-state index contributed by atoms with van der Waals surface area (Å²) in [6, 6.07) is 13.1. The van der Waals surface area contributed by atoms with Crippen LogP contribution in [0.25, 0.3) is 43.6 Å². The Morgan fingerprint density at radius 3 is 2.33 bits per heavy atom. The average Bonchev–Trinajstić information content (AvgIpc) is 2.69. The Kier molecular flexibility index (Phi) is 3.71. The topological polar surface area (TPSA) is 109 Å². The number of para-hydroxylation sites is 1. The van der Waals surface area contributed by atoms with Gasteiger partial charge < -0.3 is 4.98 Å². The van der Waals surface area contributed by atoms with Crippen LogP contribution in [0.15, 0.2) is 58.1 Å². The third-order valence-corrected chi connectivity index (χ3v) is 6.35. The van der Waals surface area contributed by atoms with E-state index in [1.165, 1.54) is 18.2 Å². The lowest BCUT2D eigenvalue weighted by atomic mass is 10.00. The van der Waals surface area contributed by atoms with Crippen LogP contribution < -0.4 is 10.9 Å². The summed E-state index contributed by atoms with van der Waals surface area (Å²) in [5.41, 5.74) is 1.64. The number of nitrogens with zero attached hydrogens (tertiary/aromatic N) is 1. The predicted octanol–water partition coefficient (Wildman–Crippen LogP) is 3.42. The number of aryl methyl sites for hydroxylation is 2. The van der Waals surface area contributed by atoms with Gasteiger partial charge in [0.15, 0.2) is 10.9 Å². The van der Waals surface area contributed by atoms with E-state index < -0.39 is 10.3 Å². The number of aromatic amines is 1. The molecule has 0 saturated carbocycles. The van der Waals surface area contributed by atoms with Crippen molar-refractivity contribution in [1.82, 2.24) is 8.96 Å². The van der Waals surface area contributed by atoms with Crippen LogP contribution in [0.3, 0.4) is 0 Å². The van der Waals surface area contributed by atoms with Crippen LogP contribution in [-0.2, 0) is 10.3 Å². The van der Waals surface area contributed by atoms with E-state index in [-0.39, 0.29) is 38.0 Å². The van der Waals surface area contributed by atoms with Gasteiger partial charge in [-0.25, -0.2) is 3.97 Å². The van der Waals surface area contributed by atoms with Crippen molar-refractivity contribution in [3.05, 3.63) is 80.1 Å². The van der Waals surface area contributed by atoms with E-state index in [9.17, 15) is 22.6 Å². The lowest BCUT2D eigenvalue weighted by Crippen LogP contribution is -2.20. The van der Waals surface area contributed by atoms with Gasteiger partial charge in [0.25, 0.3) is 0 Å². The zero-order valence-corrected chi connectivity index (χ0v) is 16.9. The van der Waals surface area contributed by atoms with Gasteiger partial charge in [0.05, 0.1) is 21.9 Å². The van der Waals surface area contributed by atoms with Gasteiger partial charge in [-0.1, -0.05) is 23.8 Å². The number of aromatic nitrogens is 2. The number of nitrogens with one attached hydrogen (secondary N) is 1. The first-order valence-corrected chi connectivity index (χ1v) is 10.6. The minimum atomic E-state index is -4.76. The number of fused-ring (bicyclic) bond motifs is 4. The van der Waals surface area contributed by atoms with E-state index in [0.717, 1.165) is 9.54 Å². The maximum Gasteiger partial charge on any atom is 0.364 e. The first kappa shape index (κ1) is 18.5. The number of H-pyrrole nitrogens is 1. The lowest BCUT2D eigenvalue weighted by Gasteiger charge is -2.16. The Bertz CT molecular complexity index is 1780. The van der Waals surface area contributed by atoms with Gasteiger partial charge in [-0.3, -0.25) is 14.1 Å². The second-order valence-corrected chi connectivity index (χ2v) is 8.67. The van der Waals surface area contributed by atoms with Gasteiger partial charge in [-0.15, -0.1) is 0 Å².